The lowest BCUT2D eigenvalue weighted by Gasteiger charge is -2.32. The van der Waals surface area contributed by atoms with E-state index in [0.717, 1.165) is 45.3 Å². The molecule has 0 unspecified atom stereocenters. The van der Waals surface area contributed by atoms with Gasteiger partial charge in [0.1, 0.15) is 0 Å². The second kappa shape index (κ2) is 5.70. The molecular weight excluding hydrogens is 238 g/mol. The highest BCUT2D eigenvalue weighted by Gasteiger charge is 2.31. The first kappa shape index (κ1) is 12.6. The highest BCUT2D eigenvalue weighted by molar-refractivity contribution is 5.81. The smallest absolute Gasteiger partial charge is 0.223 e. The van der Waals surface area contributed by atoms with Gasteiger partial charge in [0.05, 0.1) is 0 Å². The first-order chi connectivity index (χ1) is 9.31. The van der Waals surface area contributed by atoms with Crippen LogP contribution in [0, 0.1) is 5.92 Å². The fourth-order valence-corrected chi connectivity index (χ4v) is 2.65. The summed E-state index contributed by atoms with van der Waals surface area (Å²) in [4.78, 5) is 18.2. The van der Waals surface area contributed by atoms with Crippen LogP contribution < -0.4 is 5.32 Å². The number of amides is 1. The van der Waals surface area contributed by atoms with Crippen molar-refractivity contribution in [2.24, 2.45) is 5.92 Å². The van der Waals surface area contributed by atoms with Crippen LogP contribution in [0.4, 0.5) is 0 Å². The zero-order chi connectivity index (χ0) is 13.1. The Balaban J connectivity index is 1.43. The van der Waals surface area contributed by atoms with Crippen LogP contribution in [-0.2, 0) is 11.3 Å². The van der Waals surface area contributed by atoms with Gasteiger partial charge in [0.25, 0.3) is 0 Å². The molecule has 4 nitrogen and oxygen atoms in total. The largest absolute Gasteiger partial charge is 0.353 e. The fraction of sp³-hybridized carbons (Fsp3) is 0.600. The summed E-state index contributed by atoms with van der Waals surface area (Å²) in [6.45, 7) is 3.13. The molecule has 0 bridgehead atoms. The summed E-state index contributed by atoms with van der Waals surface area (Å²) in [5.74, 6) is 0.613. The number of pyridine rings is 1. The second-order valence-corrected chi connectivity index (χ2v) is 5.69. The van der Waals surface area contributed by atoms with Gasteiger partial charge < -0.3 is 5.32 Å². The topological polar surface area (TPSA) is 45.2 Å². The number of nitrogens with one attached hydrogen (secondary N) is 1. The van der Waals surface area contributed by atoms with Gasteiger partial charge in [-0.1, -0.05) is 0 Å². The second-order valence-electron chi connectivity index (χ2n) is 5.69. The van der Waals surface area contributed by atoms with Crippen LogP contribution in [0.25, 0.3) is 0 Å². The third kappa shape index (κ3) is 3.53. The number of likely N-dealkylation sites (tertiary alicyclic amines) is 1. The zero-order valence-electron chi connectivity index (χ0n) is 11.2. The molecule has 19 heavy (non-hydrogen) atoms. The van der Waals surface area contributed by atoms with Gasteiger partial charge in [-0.15, -0.1) is 0 Å². The summed E-state index contributed by atoms with van der Waals surface area (Å²) >= 11 is 0. The van der Waals surface area contributed by atoms with Crippen molar-refractivity contribution in [3.8, 4) is 0 Å². The number of hydrogen-bond donors (Lipinski definition) is 1. The van der Waals surface area contributed by atoms with Gasteiger partial charge in [-0.2, -0.15) is 0 Å². The van der Waals surface area contributed by atoms with Gasteiger partial charge >= 0.3 is 0 Å². The molecule has 1 amide bonds. The van der Waals surface area contributed by atoms with Crippen LogP contribution in [0.15, 0.2) is 24.5 Å². The number of carbonyl (C=O) groups is 1. The number of aromatic nitrogens is 1. The summed E-state index contributed by atoms with van der Waals surface area (Å²) in [6.07, 6.45) is 8.02. The monoisotopic (exact) mass is 259 g/mol. The fourth-order valence-electron chi connectivity index (χ4n) is 2.65. The van der Waals surface area contributed by atoms with Gasteiger partial charge in [0.15, 0.2) is 0 Å². The van der Waals surface area contributed by atoms with E-state index >= 15 is 0 Å². The number of nitrogens with zero attached hydrogens (tertiary/aromatic N) is 2. The van der Waals surface area contributed by atoms with Crippen LogP contribution >= 0.6 is 0 Å². The zero-order valence-corrected chi connectivity index (χ0v) is 11.2. The Bertz CT molecular complexity index is 422. The maximum atomic E-state index is 11.7. The molecule has 2 aliphatic rings. The summed E-state index contributed by atoms with van der Waals surface area (Å²) in [5.41, 5.74) is 1.32. The Labute approximate surface area is 114 Å². The molecule has 0 atom stereocenters. The highest BCUT2D eigenvalue weighted by atomic mass is 16.2. The molecule has 102 valence electrons. The Morgan fingerprint density at radius 2 is 1.89 bits per heavy atom. The third-order valence-corrected chi connectivity index (χ3v) is 4.04. The third-order valence-electron chi connectivity index (χ3n) is 4.04. The molecule has 3 rings (SSSR count). The lowest BCUT2D eigenvalue weighted by molar-refractivity contribution is -0.123. The number of hydrogen-bond acceptors (Lipinski definition) is 3. The van der Waals surface area contributed by atoms with E-state index in [0.29, 0.717) is 12.0 Å². The van der Waals surface area contributed by atoms with Gasteiger partial charge in [0, 0.05) is 44.0 Å². The van der Waals surface area contributed by atoms with E-state index in [1.807, 2.05) is 12.4 Å². The first-order valence-corrected chi connectivity index (χ1v) is 7.23. The van der Waals surface area contributed by atoms with Gasteiger partial charge in [-0.3, -0.25) is 14.7 Å². The van der Waals surface area contributed by atoms with Gasteiger partial charge in [0.2, 0.25) is 5.91 Å². The predicted octanol–water partition coefficient (Wildman–Crippen LogP) is 1.57. The Kier molecular flexibility index (Phi) is 3.78. The van der Waals surface area contributed by atoms with E-state index < -0.39 is 0 Å². The van der Waals surface area contributed by atoms with Crippen molar-refractivity contribution in [2.45, 2.75) is 38.3 Å². The minimum atomic E-state index is 0.285. The van der Waals surface area contributed by atoms with Crippen molar-refractivity contribution in [1.29, 1.82) is 0 Å². The number of rotatable bonds is 4. The van der Waals surface area contributed by atoms with E-state index in [1.165, 1.54) is 5.56 Å². The quantitative estimate of drug-likeness (QED) is 0.892. The summed E-state index contributed by atoms with van der Waals surface area (Å²) < 4.78 is 0. The van der Waals surface area contributed by atoms with Crippen molar-refractivity contribution in [1.82, 2.24) is 15.2 Å². The van der Waals surface area contributed by atoms with Crippen LogP contribution in [-0.4, -0.2) is 34.9 Å². The predicted molar refractivity (Wildman–Crippen MR) is 73.4 cm³/mol. The van der Waals surface area contributed by atoms with E-state index in [4.69, 9.17) is 0 Å². The summed E-state index contributed by atoms with van der Waals surface area (Å²) in [5, 5.41) is 3.19. The summed E-state index contributed by atoms with van der Waals surface area (Å²) in [6, 6.07) is 4.53. The van der Waals surface area contributed by atoms with Crippen molar-refractivity contribution < 1.29 is 4.79 Å². The standard InChI is InChI=1S/C15H21N3O/c19-15(13-1-2-13)17-14-5-9-18(10-6-14)11-12-3-7-16-8-4-12/h3-4,7-8,13-14H,1-2,5-6,9-11H2,(H,17,19). The molecule has 1 aromatic heterocycles. The molecule has 2 heterocycles. The number of piperidine rings is 1. The molecule has 1 saturated heterocycles. The molecule has 1 aliphatic heterocycles. The number of carbonyl (C=O) groups excluding carboxylic acids is 1. The summed E-state index contributed by atoms with van der Waals surface area (Å²) in [7, 11) is 0. The molecule has 2 fully saturated rings. The van der Waals surface area contributed by atoms with Crippen molar-refractivity contribution >= 4 is 5.91 Å². The minimum Gasteiger partial charge on any atom is -0.353 e. The van der Waals surface area contributed by atoms with Crippen LogP contribution in [0.5, 0.6) is 0 Å². The normalized spacial score (nSPS) is 21.3. The SMILES string of the molecule is O=C(NC1CCN(Cc2ccncc2)CC1)C1CC1. The van der Waals surface area contributed by atoms with Gasteiger partial charge in [-0.05, 0) is 43.4 Å². The highest BCUT2D eigenvalue weighted by Crippen LogP contribution is 2.29. The average molecular weight is 259 g/mol. The molecule has 1 N–H and O–H groups in total. The van der Waals surface area contributed by atoms with Crippen molar-refractivity contribution in [3.63, 3.8) is 0 Å². The van der Waals surface area contributed by atoms with Crippen molar-refractivity contribution in [2.75, 3.05) is 13.1 Å². The van der Waals surface area contributed by atoms with E-state index in [9.17, 15) is 4.79 Å². The van der Waals surface area contributed by atoms with E-state index in [-0.39, 0.29) is 5.91 Å². The molecule has 1 aliphatic carbocycles. The molecule has 4 heteroatoms. The van der Waals surface area contributed by atoms with Gasteiger partial charge in [-0.25, -0.2) is 0 Å². The first-order valence-electron chi connectivity index (χ1n) is 7.23. The van der Waals surface area contributed by atoms with Crippen LogP contribution in [0.1, 0.15) is 31.2 Å². The van der Waals surface area contributed by atoms with E-state index in [2.05, 4.69) is 27.3 Å². The molecule has 0 spiro atoms. The average Bonchev–Trinajstić information content (AvgIpc) is 3.27. The van der Waals surface area contributed by atoms with Crippen LogP contribution in [0.2, 0.25) is 0 Å². The Hall–Kier alpha value is -1.42. The lowest BCUT2D eigenvalue weighted by atomic mass is 10.0. The lowest BCUT2D eigenvalue weighted by Crippen LogP contribution is -2.44. The Morgan fingerprint density at radius 1 is 1.21 bits per heavy atom. The molecule has 1 saturated carbocycles. The minimum absolute atomic E-state index is 0.285. The molecule has 0 radical (unpaired) electrons. The molecule has 0 aromatic carbocycles. The molecular formula is C15H21N3O. The maximum Gasteiger partial charge on any atom is 0.223 e. The van der Waals surface area contributed by atoms with Crippen LogP contribution in [0.3, 0.4) is 0 Å². The maximum absolute atomic E-state index is 11.7. The molecule has 1 aromatic rings. The Morgan fingerprint density at radius 3 is 2.53 bits per heavy atom. The van der Waals surface area contributed by atoms with Crippen molar-refractivity contribution in [3.05, 3.63) is 30.1 Å². The van der Waals surface area contributed by atoms with E-state index in [1.54, 1.807) is 0 Å².